The summed E-state index contributed by atoms with van der Waals surface area (Å²) in [5, 5.41) is 3.12. The van der Waals surface area contributed by atoms with Crippen molar-refractivity contribution in [3.63, 3.8) is 0 Å². The van der Waals surface area contributed by atoms with Crippen LogP contribution in [0.25, 0.3) is 0 Å². The molecule has 1 aromatic rings. The molecule has 2 aliphatic rings. The fourth-order valence-corrected chi connectivity index (χ4v) is 3.90. The van der Waals surface area contributed by atoms with Crippen LogP contribution in [0.3, 0.4) is 0 Å². The van der Waals surface area contributed by atoms with E-state index in [1.54, 1.807) is 7.11 Å². The Balaban J connectivity index is 2.12. The van der Waals surface area contributed by atoms with Gasteiger partial charge in [-0.05, 0) is 38.8 Å². The van der Waals surface area contributed by atoms with Gasteiger partial charge in [-0.25, -0.2) is 0 Å². The summed E-state index contributed by atoms with van der Waals surface area (Å²) in [6.07, 6.45) is 5.35. The predicted molar refractivity (Wildman–Crippen MR) is 85.1 cm³/mol. The number of ether oxygens (including phenoxy) is 1. The third-order valence-electron chi connectivity index (χ3n) is 4.79. The minimum Gasteiger partial charge on any atom is -0.497 e. The fourth-order valence-electron chi connectivity index (χ4n) is 3.90. The lowest BCUT2D eigenvalue weighted by Gasteiger charge is -2.51. The summed E-state index contributed by atoms with van der Waals surface area (Å²) in [6.45, 7) is 4.33. The molecule has 1 N–H and O–H groups in total. The fraction of sp³-hybridized carbons (Fsp3) is 0.588. The summed E-state index contributed by atoms with van der Waals surface area (Å²) in [4.78, 5) is 15.1. The predicted octanol–water partition coefficient (Wildman–Crippen LogP) is 3.57. The molecule has 1 aliphatic heterocycles. The lowest BCUT2D eigenvalue weighted by molar-refractivity contribution is -0.123. The zero-order chi connectivity index (χ0) is 15.0. The second-order valence-corrected chi connectivity index (χ2v) is 6.39. The molecule has 1 spiro atoms. The number of carbonyl (C=O) groups is 1. The average molecular weight is 288 g/mol. The molecule has 4 heteroatoms. The highest BCUT2D eigenvalue weighted by molar-refractivity contribution is 6.07. The third kappa shape index (κ3) is 2.17. The van der Waals surface area contributed by atoms with E-state index in [9.17, 15) is 4.79 Å². The van der Waals surface area contributed by atoms with Crippen molar-refractivity contribution < 1.29 is 9.53 Å². The molecule has 1 heterocycles. The van der Waals surface area contributed by atoms with E-state index < -0.39 is 0 Å². The number of nitrogens with one attached hydrogen (secondary N) is 1. The van der Waals surface area contributed by atoms with Gasteiger partial charge in [0, 0.05) is 12.1 Å². The molecule has 0 saturated heterocycles. The molecule has 0 bridgehead atoms. The van der Waals surface area contributed by atoms with Gasteiger partial charge >= 0.3 is 0 Å². The Hall–Kier alpha value is -1.71. The number of amides is 1. The van der Waals surface area contributed by atoms with Crippen LogP contribution in [0.1, 0.15) is 46.0 Å². The van der Waals surface area contributed by atoms with Crippen molar-refractivity contribution in [1.82, 2.24) is 0 Å². The number of carbonyl (C=O) groups excluding carboxylic acids is 1. The zero-order valence-corrected chi connectivity index (χ0v) is 13.1. The van der Waals surface area contributed by atoms with E-state index in [-0.39, 0.29) is 17.5 Å². The summed E-state index contributed by atoms with van der Waals surface area (Å²) in [5.74, 6) is 0.995. The topological polar surface area (TPSA) is 41.6 Å². The van der Waals surface area contributed by atoms with Gasteiger partial charge in [0.05, 0.1) is 18.5 Å². The lowest BCUT2D eigenvalue weighted by atomic mass is 9.77. The molecule has 3 rings (SSSR count). The Kier molecular flexibility index (Phi) is 3.56. The maximum absolute atomic E-state index is 12.8. The van der Waals surface area contributed by atoms with Crippen molar-refractivity contribution in [1.29, 1.82) is 0 Å². The summed E-state index contributed by atoms with van der Waals surface area (Å²) < 4.78 is 5.37. The molecule has 1 saturated carbocycles. The normalized spacial score (nSPS) is 20.4. The number of anilines is 2. The summed E-state index contributed by atoms with van der Waals surface area (Å²) >= 11 is 0. The zero-order valence-electron chi connectivity index (χ0n) is 13.1. The Bertz CT molecular complexity index is 548. The van der Waals surface area contributed by atoms with E-state index in [0.717, 1.165) is 42.8 Å². The largest absolute Gasteiger partial charge is 0.497 e. The van der Waals surface area contributed by atoms with Crippen LogP contribution in [0.4, 0.5) is 11.4 Å². The van der Waals surface area contributed by atoms with Gasteiger partial charge in [-0.1, -0.05) is 19.3 Å². The molecule has 21 heavy (non-hydrogen) atoms. The van der Waals surface area contributed by atoms with Gasteiger partial charge in [0.1, 0.15) is 11.3 Å². The first-order valence-electron chi connectivity index (χ1n) is 7.87. The van der Waals surface area contributed by atoms with Crippen LogP contribution < -0.4 is 15.0 Å². The quantitative estimate of drug-likeness (QED) is 0.904. The molecule has 114 valence electrons. The number of fused-ring (bicyclic) bond motifs is 1. The molecule has 1 aromatic carbocycles. The molecule has 0 radical (unpaired) electrons. The van der Waals surface area contributed by atoms with Gasteiger partial charge in [-0.15, -0.1) is 0 Å². The van der Waals surface area contributed by atoms with E-state index >= 15 is 0 Å². The minimum atomic E-state index is -0.383. The summed E-state index contributed by atoms with van der Waals surface area (Å²) in [6, 6.07) is 6.17. The smallest absolute Gasteiger partial charge is 0.250 e. The summed E-state index contributed by atoms with van der Waals surface area (Å²) in [5.41, 5.74) is 1.60. The number of methoxy groups -OCH3 is 1. The number of benzene rings is 1. The van der Waals surface area contributed by atoms with Crippen molar-refractivity contribution in [2.75, 3.05) is 17.3 Å². The van der Waals surface area contributed by atoms with E-state index in [2.05, 4.69) is 24.1 Å². The molecule has 1 aliphatic carbocycles. The molecule has 0 aromatic heterocycles. The first-order valence-corrected chi connectivity index (χ1v) is 7.87. The Morgan fingerprint density at radius 3 is 2.57 bits per heavy atom. The van der Waals surface area contributed by atoms with Gasteiger partial charge in [-0.2, -0.15) is 0 Å². The van der Waals surface area contributed by atoms with Crippen LogP contribution in [0.15, 0.2) is 18.2 Å². The molecule has 4 nitrogen and oxygen atoms in total. The highest BCUT2D eigenvalue weighted by Gasteiger charge is 2.49. The van der Waals surface area contributed by atoms with Crippen molar-refractivity contribution >= 4 is 17.3 Å². The van der Waals surface area contributed by atoms with Crippen LogP contribution in [0, 0.1) is 0 Å². The first-order chi connectivity index (χ1) is 10.1. The molecular formula is C17H24N2O2. The van der Waals surface area contributed by atoms with Gasteiger partial charge in [0.25, 0.3) is 0 Å². The monoisotopic (exact) mass is 288 g/mol. The molecule has 1 fully saturated rings. The van der Waals surface area contributed by atoms with E-state index in [1.165, 1.54) is 6.42 Å². The van der Waals surface area contributed by atoms with Gasteiger partial charge in [0.15, 0.2) is 0 Å². The van der Waals surface area contributed by atoms with Gasteiger partial charge in [-0.3, -0.25) is 4.79 Å². The second-order valence-electron chi connectivity index (χ2n) is 6.39. The second kappa shape index (κ2) is 5.24. The Labute approximate surface area is 126 Å². The van der Waals surface area contributed by atoms with Crippen LogP contribution in [-0.2, 0) is 4.79 Å². The summed E-state index contributed by atoms with van der Waals surface area (Å²) in [7, 11) is 1.68. The number of nitrogens with zero attached hydrogens (tertiary/aromatic N) is 1. The highest BCUT2D eigenvalue weighted by atomic mass is 16.5. The molecule has 1 amide bonds. The van der Waals surface area contributed by atoms with Crippen molar-refractivity contribution in [2.24, 2.45) is 0 Å². The Morgan fingerprint density at radius 2 is 1.95 bits per heavy atom. The van der Waals surface area contributed by atoms with Gasteiger partial charge in [0.2, 0.25) is 5.91 Å². The van der Waals surface area contributed by atoms with E-state index in [0.29, 0.717) is 0 Å². The van der Waals surface area contributed by atoms with Crippen molar-refractivity contribution in [3.05, 3.63) is 18.2 Å². The van der Waals surface area contributed by atoms with Gasteiger partial charge < -0.3 is 15.0 Å². The standard InChI is InChI=1S/C17H24N2O2/c1-12(2)19-15-11-13(21-3)7-8-14(15)18-16(20)17(19)9-5-4-6-10-17/h7-8,11-12H,4-6,9-10H2,1-3H3,(H,18,20). The number of hydrogen-bond acceptors (Lipinski definition) is 3. The van der Waals surface area contributed by atoms with Crippen LogP contribution in [-0.4, -0.2) is 24.6 Å². The minimum absolute atomic E-state index is 0.161. The number of hydrogen-bond donors (Lipinski definition) is 1. The van der Waals surface area contributed by atoms with Crippen LogP contribution in [0.5, 0.6) is 5.75 Å². The molecule has 0 atom stereocenters. The average Bonchev–Trinajstić information content (AvgIpc) is 2.48. The maximum atomic E-state index is 12.8. The van der Waals surface area contributed by atoms with E-state index in [1.807, 2.05) is 18.2 Å². The molecule has 0 unspecified atom stereocenters. The highest BCUT2D eigenvalue weighted by Crippen LogP contribution is 2.46. The van der Waals surface area contributed by atoms with Crippen LogP contribution >= 0.6 is 0 Å². The van der Waals surface area contributed by atoms with Crippen molar-refractivity contribution in [2.45, 2.75) is 57.5 Å². The van der Waals surface area contributed by atoms with E-state index in [4.69, 9.17) is 4.74 Å². The van der Waals surface area contributed by atoms with Crippen molar-refractivity contribution in [3.8, 4) is 5.75 Å². The maximum Gasteiger partial charge on any atom is 0.250 e. The van der Waals surface area contributed by atoms with Crippen LogP contribution in [0.2, 0.25) is 0 Å². The lowest BCUT2D eigenvalue weighted by Crippen LogP contribution is -2.63. The molecular weight excluding hydrogens is 264 g/mol. The third-order valence-corrected chi connectivity index (χ3v) is 4.79. The Morgan fingerprint density at radius 1 is 1.24 bits per heavy atom. The number of rotatable bonds is 2. The SMILES string of the molecule is COc1ccc2c(c1)N(C(C)C)C1(CCCCC1)C(=O)N2. The first kappa shape index (κ1) is 14.2.